The fourth-order valence-corrected chi connectivity index (χ4v) is 2.93. The molecule has 2 aromatic rings. The van der Waals surface area contributed by atoms with Crippen molar-refractivity contribution in [1.82, 2.24) is 9.78 Å². The second-order valence-electron chi connectivity index (χ2n) is 6.00. The number of hydrogen-bond acceptors (Lipinski definition) is 3. The normalized spacial score (nSPS) is 16.5. The van der Waals surface area contributed by atoms with Crippen LogP contribution in [0.3, 0.4) is 0 Å². The molecule has 0 unspecified atom stereocenters. The number of rotatable bonds is 2. The Morgan fingerprint density at radius 1 is 1.41 bits per heavy atom. The van der Waals surface area contributed by atoms with Crippen molar-refractivity contribution < 1.29 is 14.3 Å². The number of nitrogens with zero attached hydrogens (tertiary/aromatic N) is 3. The Morgan fingerprint density at radius 2 is 2.14 bits per heavy atom. The Kier molecular flexibility index (Phi) is 3.36. The highest BCUT2D eigenvalue weighted by atomic mass is 35.5. The summed E-state index contributed by atoms with van der Waals surface area (Å²) in [4.78, 5) is 13.1. The van der Waals surface area contributed by atoms with Crippen LogP contribution in [-0.4, -0.2) is 27.4 Å². The van der Waals surface area contributed by atoms with Gasteiger partial charge in [0.1, 0.15) is 5.82 Å². The molecule has 2 heterocycles. The summed E-state index contributed by atoms with van der Waals surface area (Å²) in [7, 11) is 0. The average molecular weight is 324 g/mol. The van der Waals surface area contributed by atoms with Crippen LogP contribution in [0.15, 0.2) is 24.3 Å². The van der Waals surface area contributed by atoms with E-state index in [9.17, 15) is 9.18 Å². The molecule has 0 saturated heterocycles. The third kappa shape index (κ3) is 2.43. The fraction of sp³-hybridized carbons (Fsp3) is 0.333. The minimum absolute atomic E-state index is 0.0206. The lowest BCUT2D eigenvalue weighted by Gasteiger charge is -2.40. The number of carbonyl (C=O) groups is 1. The highest BCUT2D eigenvalue weighted by molar-refractivity contribution is 6.30. The van der Waals surface area contributed by atoms with E-state index in [1.54, 1.807) is 16.8 Å². The molecule has 22 heavy (non-hydrogen) atoms. The Hall–Kier alpha value is -2.08. The molecule has 7 heteroatoms. The molecule has 1 aromatic carbocycles. The van der Waals surface area contributed by atoms with E-state index in [0.29, 0.717) is 18.8 Å². The average Bonchev–Trinajstić information content (AvgIpc) is 2.86. The van der Waals surface area contributed by atoms with Crippen LogP contribution in [0, 0.1) is 5.82 Å². The van der Waals surface area contributed by atoms with Crippen molar-refractivity contribution >= 4 is 23.3 Å². The molecule has 0 aliphatic carbocycles. The number of carboxylic acid groups (broad SMARTS) is 1. The van der Waals surface area contributed by atoms with E-state index in [2.05, 4.69) is 5.10 Å². The van der Waals surface area contributed by atoms with Crippen molar-refractivity contribution in [2.75, 3.05) is 11.4 Å². The van der Waals surface area contributed by atoms with Gasteiger partial charge in [-0.1, -0.05) is 11.6 Å². The second kappa shape index (κ2) is 4.98. The van der Waals surface area contributed by atoms with Crippen LogP contribution in [0.2, 0.25) is 5.02 Å². The van der Waals surface area contributed by atoms with Gasteiger partial charge >= 0.3 is 5.97 Å². The SMILES string of the molecule is CC1(C)CN(c2ccc(Cl)c(F)c2)Cc2cc(C(=O)O)nn21. The number of hydrogen-bond donors (Lipinski definition) is 1. The molecular formula is C15H15ClFN3O2. The standard InChI is InChI=1S/C15H15ClFN3O2/c1-15(2)8-19(9-3-4-11(16)12(17)5-9)7-10-6-13(14(21)22)18-20(10)15/h3-6H,7-8H2,1-2H3,(H,21,22). The Bertz CT molecular complexity index is 757. The molecule has 0 atom stereocenters. The number of carboxylic acids is 1. The summed E-state index contributed by atoms with van der Waals surface area (Å²) >= 11 is 5.72. The third-order valence-corrected chi connectivity index (χ3v) is 4.08. The van der Waals surface area contributed by atoms with Crippen LogP contribution in [-0.2, 0) is 12.1 Å². The van der Waals surface area contributed by atoms with Gasteiger partial charge in [-0.05, 0) is 38.1 Å². The van der Waals surface area contributed by atoms with Crippen molar-refractivity contribution in [3.63, 3.8) is 0 Å². The van der Waals surface area contributed by atoms with Gasteiger partial charge in [-0.3, -0.25) is 4.68 Å². The lowest BCUT2D eigenvalue weighted by Crippen LogP contribution is -2.47. The van der Waals surface area contributed by atoms with Gasteiger partial charge in [0, 0.05) is 12.2 Å². The lowest BCUT2D eigenvalue weighted by molar-refractivity contribution is 0.0688. The Labute approximate surface area is 131 Å². The highest BCUT2D eigenvalue weighted by Crippen LogP contribution is 2.31. The maximum absolute atomic E-state index is 13.7. The molecule has 3 rings (SSSR count). The molecular weight excluding hydrogens is 309 g/mol. The van der Waals surface area contributed by atoms with Gasteiger partial charge < -0.3 is 10.0 Å². The predicted octanol–water partition coefficient (Wildman–Crippen LogP) is 3.13. The first-order valence-electron chi connectivity index (χ1n) is 6.81. The number of halogens is 2. The summed E-state index contributed by atoms with van der Waals surface area (Å²) in [6.07, 6.45) is 0. The molecule has 1 N–H and O–H groups in total. The summed E-state index contributed by atoms with van der Waals surface area (Å²) in [6, 6.07) is 6.23. The van der Waals surface area contributed by atoms with E-state index in [1.165, 1.54) is 12.1 Å². The summed E-state index contributed by atoms with van der Waals surface area (Å²) in [5, 5.41) is 13.3. The topological polar surface area (TPSA) is 58.4 Å². The van der Waals surface area contributed by atoms with Crippen molar-refractivity contribution in [3.8, 4) is 0 Å². The fourth-order valence-electron chi connectivity index (χ4n) is 2.81. The summed E-state index contributed by atoms with van der Waals surface area (Å²) in [5.74, 6) is -1.52. The van der Waals surface area contributed by atoms with E-state index >= 15 is 0 Å². The Morgan fingerprint density at radius 3 is 2.77 bits per heavy atom. The minimum Gasteiger partial charge on any atom is -0.476 e. The molecule has 116 valence electrons. The van der Waals surface area contributed by atoms with Crippen molar-refractivity contribution in [1.29, 1.82) is 0 Å². The summed E-state index contributed by atoms with van der Waals surface area (Å²) < 4.78 is 15.4. The van der Waals surface area contributed by atoms with Crippen molar-refractivity contribution in [2.45, 2.75) is 25.9 Å². The van der Waals surface area contributed by atoms with Gasteiger partial charge in [-0.2, -0.15) is 5.10 Å². The van der Waals surface area contributed by atoms with Gasteiger partial charge in [0.05, 0.1) is 22.8 Å². The first-order valence-corrected chi connectivity index (χ1v) is 7.18. The highest BCUT2D eigenvalue weighted by Gasteiger charge is 2.34. The molecule has 0 spiro atoms. The summed E-state index contributed by atoms with van der Waals surface area (Å²) in [6.45, 7) is 4.98. The quantitative estimate of drug-likeness (QED) is 0.922. The molecule has 0 radical (unpaired) electrons. The number of anilines is 1. The molecule has 5 nitrogen and oxygen atoms in total. The molecule has 0 amide bonds. The monoisotopic (exact) mass is 323 g/mol. The van der Waals surface area contributed by atoms with E-state index in [0.717, 1.165) is 5.69 Å². The predicted molar refractivity (Wildman–Crippen MR) is 81.0 cm³/mol. The molecule has 1 aliphatic rings. The lowest BCUT2D eigenvalue weighted by atomic mass is 10.0. The van der Waals surface area contributed by atoms with Crippen LogP contribution in [0.25, 0.3) is 0 Å². The van der Waals surface area contributed by atoms with Crippen LogP contribution >= 0.6 is 11.6 Å². The zero-order chi connectivity index (χ0) is 16.1. The van der Waals surface area contributed by atoms with Crippen molar-refractivity contribution in [2.24, 2.45) is 0 Å². The second-order valence-corrected chi connectivity index (χ2v) is 6.41. The summed E-state index contributed by atoms with van der Waals surface area (Å²) in [5.41, 5.74) is 1.10. The minimum atomic E-state index is -1.05. The van der Waals surface area contributed by atoms with E-state index in [4.69, 9.17) is 16.7 Å². The van der Waals surface area contributed by atoms with Crippen molar-refractivity contribution in [3.05, 3.63) is 46.5 Å². The third-order valence-electron chi connectivity index (χ3n) is 3.77. The molecule has 1 aromatic heterocycles. The number of aromatic carboxylic acids is 1. The molecule has 0 saturated carbocycles. The Balaban J connectivity index is 2.00. The molecule has 0 fully saturated rings. The van der Waals surface area contributed by atoms with Crippen LogP contribution in [0.5, 0.6) is 0 Å². The number of fused-ring (bicyclic) bond motifs is 1. The largest absolute Gasteiger partial charge is 0.476 e. The van der Waals surface area contributed by atoms with Gasteiger partial charge in [0.15, 0.2) is 5.69 Å². The zero-order valence-corrected chi connectivity index (χ0v) is 12.9. The maximum Gasteiger partial charge on any atom is 0.356 e. The molecule has 0 bridgehead atoms. The number of benzene rings is 1. The first kappa shape index (κ1) is 14.8. The van der Waals surface area contributed by atoms with Gasteiger partial charge in [0.2, 0.25) is 0 Å². The van der Waals surface area contributed by atoms with Crippen LogP contribution < -0.4 is 4.90 Å². The number of aromatic nitrogens is 2. The van der Waals surface area contributed by atoms with Crippen LogP contribution in [0.4, 0.5) is 10.1 Å². The van der Waals surface area contributed by atoms with Gasteiger partial charge in [-0.25, -0.2) is 9.18 Å². The first-order chi connectivity index (χ1) is 10.3. The van der Waals surface area contributed by atoms with E-state index in [1.807, 2.05) is 18.7 Å². The van der Waals surface area contributed by atoms with Gasteiger partial charge in [0.25, 0.3) is 0 Å². The zero-order valence-electron chi connectivity index (χ0n) is 12.2. The van der Waals surface area contributed by atoms with Gasteiger partial charge in [-0.15, -0.1) is 0 Å². The molecule has 1 aliphatic heterocycles. The maximum atomic E-state index is 13.7. The smallest absolute Gasteiger partial charge is 0.356 e. The van der Waals surface area contributed by atoms with Crippen LogP contribution in [0.1, 0.15) is 30.0 Å². The van der Waals surface area contributed by atoms with E-state index in [-0.39, 0.29) is 10.7 Å². The van der Waals surface area contributed by atoms with E-state index < -0.39 is 17.3 Å².